The lowest BCUT2D eigenvalue weighted by molar-refractivity contribution is 0.0859. The van der Waals surface area contributed by atoms with Gasteiger partial charge in [-0.2, -0.15) is 0 Å². The van der Waals surface area contributed by atoms with Crippen molar-refractivity contribution in [3.63, 3.8) is 0 Å². The van der Waals surface area contributed by atoms with Gasteiger partial charge in [0, 0.05) is 46.8 Å². The van der Waals surface area contributed by atoms with Crippen LogP contribution < -0.4 is 5.32 Å². The highest BCUT2D eigenvalue weighted by molar-refractivity contribution is 6.36. The van der Waals surface area contributed by atoms with Crippen LogP contribution in [0.1, 0.15) is 36.3 Å². The van der Waals surface area contributed by atoms with E-state index in [1.165, 1.54) is 0 Å². The van der Waals surface area contributed by atoms with Gasteiger partial charge in [-0.05, 0) is 43.2 Å². The maximum atomic E-state index is 13.3. The molecule has 1 amide bonds. The average molecular weight is 493 g/mol. The van der Waals surface area contributed by atoms with E-state index in [1.807, 2.05) is 19.2 Å². The first kappa shape index (κ1) is 23.1. The summed E-state index contributed by atoms with van der Waals surface area (Å²) in [4.78, 5) is 18.0. The molecule has 32 heavy (non-hydrogen) atoms. The number of aromatic nitrogens is 2. The van der Waals surface area contributed by atoms with Crippen LogP contribution in [0.3, 0.4) is 0 Å². The summed E-state index contributed by atoms with van der Waals surface area (Å²) in [5.74, 6) is 0.0662. The third-order valence-corrected chi connectivity index (χ3v) is 6.86. The lowest BCUT2D eigenvalue weighted by atomic mass is 9.85. The van der Waals surface area contributed by atoms with Gasteiger partial charge in [-0.15, -0.1) is 0 Å². The first-order valence-corrected chi connectivity index (χ1v) is 11.7. The molecule has 0 bridgehead atoms. The molecule has 0 spiro atoms. The molecule has 1 aliphatic carbocycles. The van der Waals surface area contributed by atoms with E-state index in [0.717, 1.165) is 36.9 Å². The molecule has 4 rings (SSSR count). The van der Waals surface area contributed by atoms with Crippen LogP contribution in [0, 0.1) is 5.92 Å². The van der Waals surface area contributed by atoms with Crippen LogP contribution in [0.4, 0.5) is 0 Å². The van der Waals surface area contributed by atoms with Crippen molar-refractivity contribution in [2.24, 2.45) is 13.0 Å². The zero-order valence-electron chi connectivity index (χ0n) is 17.6. The van der Waals surface area contributed by atoms with Gasteiger partial charge in [-0.3, -0.25) is 4.79 Å². The Hall–Kier alpha value is -2.05. The number of amides is 1. The zero-order chi connectivity index (χ0) is 22.8. The molecule has 0 aliphatic heterocycles. The number of carbonyl (C=O) groups is 1. The van der Waals surface area contributed by atoms with Gasteiger partial charge in [0.05, 0.1) is 16.4 Å². The van der Waals surface area contributed by atoms with E-state index in [-0.39, 0.29) is 30.3 Å². The maximum Gasteiger partial charge on any atom is 0.287 e. The SMILES string of the molecule is Cn1c(C(=O)N[C@@H]2CCCC[C@@H]2CO)nc(-c2ccc(Cl)cc2Cl)c1-c1ccc(Cl)cc1. The Bertz CT molecular complexity index is 1130. The molecule has 0 radical (unpaired) electrons. The minimum Gasteiger partial charge on any atom is -0.396 e. The molecule has 1 fully saturated rings. The number of carbonyl (C=O) groups excluding carboxylic acids is 1. The molecule has 168 valence electrons. The summed E-state index contributed by atoms with van der Waals surface area (Å²) >= 11 is 18.7. The molecule has 0 saturated heterocycles. The Morgan fingerprint density at radius 2 is 1.78 bits per heavy atom. The Labute approximate surface area is 202 Å². The standard InChI is InChI=1S/C24H24Cl3N3O2/c1-30-22(14-6-8-16(25)9-7-14)21(18-11-10-17(26)12-19(18)27)29-23(30)24(32)28-20-5-3-2-4-15(20)13-31/h6-12,15,20,31H,2-5,13H2,1H3,(H,28,32)/t15-,20-/m1/s1. The highest BCUT2D eigenvalue weighted by Gasteiger charge is 2.29. The third-order valence-electron chi connectivity index (χ3n) is 6.06. The summed E-state index contributed by atoms with van der Waals surface area (Å²) in [5.41, 5.74) is 2.87. The number of nitrogens with one attached hydrogen (secondary N) is 1. The molecule has 5 nitrogen and oxygen atoms in total. The average Bonchev–Trinajstić information content (AvgIpc) is 3.11. The molecule has 3 aromatic rings. The Kier molecular flexibility index (Phi) is 7.11. The van der Waals surface area contributed by atoms with Crippen LogP contribution in [-0.2, 0) is 7.05 Å². The van der Waals surface area contributed by atoms with E-state index in [4.69, 9.17) is 39.8 Å². The second-order valence-corrected chi connectivity index (χ2v) is 9.41. The van der Waals surface area contributed by atoms with Crippen LogP contribution in [0.15, 0.2) is 42.5 Å². The predicted octanol–water partition coefficient (Wildman–Crippen LogP) is 6.00. The summed E-state index contributed by atoms with van der Waals surface area (Å²) in [6.45, 7) is 0.0627. The molecule has 1 aliphatic rings. The number of aliphatic hydroxyl groups is 1. The first-order valence-electron chi connectivity index (χ1n) is 10.6. The van der Waals surface area contributed by atoms with Gasteiger partial charge in [-0.25, -0.2) is 4.98 Å². The molecular formula is C24H24Cl3N3O2. The fourth-order valence-electron chi connectivity index (χ4n) is 4.36. The number of rotatable bonds is 5. The first-order chi connectivity index (χ1) is 15.4. The Morgan fingerprint density at radius 3 is 2.47 bits per heavy atom. The van der Waals surface area contributed by atoms with Gasteiger partial charge in [0.25, 0.3) is 5.91 Å². The van der Waals surface area contributed by atoms with Crippen LogP contribution in [0.2, 0.25) is 15.1 Å². The van der Waals surface area contributed by atoms with Crippen molar-refractivity contribution in [3.8, 4) is 22.5 Å². The molecule has 8 heteroatoms. The summed E-state index contributed by atoms with van der Waals surface area (Å²) in [6.07, 6.45) is 3.86. The number of imidazole rings is 1. The Balaban J connectivity index is 1.78. The molecule has 2 N–H and O–H groups in total. The van der Waals surface area contributed by atoms with Gasteiger partial charge in [0.2, 0.25) is 0 Å². The van der Waals surface area contributed by atoms with E-state index in [2.05, 4.69) is 5.32 Å². The van der Waals surface area contributed by atoms with Crippen molar-refractivity contribution >= 4 is 40.7 Å². The van der Waals surface area contributed by atoms with Gasteiger partial charge < -0.3 is 15.0 Å². The smallest absolute Gasteiger partial charge is 0.287 e. The minimum absolute atomic E-state index is 0.0627. The van der Waals surface area contributed by atoms with Crippen molar-refractivity contribution in [1.82, 2.24) is 14.9 Å². The Morgan fingerprint density at radius 1 is 1.09 bits per heavy atom. The van der Waals surface area contributed by atoms with Crippen molar-refractivity contribution in [1.29, 1.82) is 0 Å². The highest BCUT2D eigenvalue weighted by atomic mass is 35.5. The van der Waals surface area contributed by atoms with Crippen LogP contribution >= 0.6 is 34.8 Å². The predicted molar refractivity (Wildman–Crippen MR) is 129 cm³/mol. The lowest BCUT2D eigenvalue weighted by Crippen LogP contribution is -2.44. The van der Waals surface area contributed by atoms with Crippen molar-refractivity contribution in [3.05, 3.63) is 63.4 Å². The fraction of sp³-hybridized carbons (Fsp3) is 0.333. The van der Waals surface area contributed by atoms with E-state index < -0.39 is 0 Å². The third kappa shape index (κ3) is 4.67. The molecule has 1 heterocycles. The van der Waals surface area contributed by atoms with Gasteiger partial charge in [0.15, 0.2) is 5.82 Å². The van der Waals surface area contributed by atoms with E-state index in [0.29, 0.717) is 26.3 Å². The van der Waals surface area contributed by atoms with Crippen molar-refractivity contribution in [2.75, 3.05) is 6.61 Å². The number of hydrogen-bond acceptors (Lipinski definition) is 3. The van der Waals surface area contributed by atoms with E-state index >= 15 is 0 Å². The zero-order valence-corrected chi connectivity index (χ0v) is 19.9. The molecule has 0 unspecified atom stereocenters. The van der Waals surface area contributed by atoms with Gasteiger partial charge in [0.1, 0.15) is 0 Å². The lowest BCUT2D eigenvalue weighted by Gasteiger charge is -2.30. The van der Waals surface area contributed by atoms with Crippen LogP contribution in [0.5, 0.6) is 0 Å². The largest absolute Gasteiger partial charge is 0.396 e. The van der Waals surface area contributed by atoms with Gasteiger partial charge in [-0.1, -0.05) is 59.8 Å². The molecule has 2 aromatic carbocycles. The van der Waals surface area contributed by atoms with Crippen LogP contribution in [0.25, 0.3) is 22.5 Å². The van der Waals surface area contributed by atoms with Crippen molar-refractivity contribution in [2.45, 2.75) is 31.7 Å². The molecule has 2 atom stereocenters. The number of aliphatic hydroxyl groups excluding tert-OH is 1. The number of hydrogen-bond donors (Lipinski definition) is 2. The van der Waals surface area contributed by atoms with E-state index in [9.17, 15) is 9.90 Å². The summed E-state index contributed by atoms with van der Waals surface area (Å²) in [5, 5.41) is 14.4. The van der Waals surface area contributed by atoms with Gasteiger partial charge >= 0.3 is 0 Å². The highest BCUT2D eigenvalue weighted by Crippen LogP contribution is 2.37. The quantitative estimate of drug-likeness (QED) is 0.459. The molecule has 1 saturated carbocycles. The van der Waals surface area contributed by atoms with Crippen LogP contribution in [-0.4, -0.2) is 33.2 Å². The monoisotopic (exact) mass is 491 g/mol. The summed E-state index contributed by atoms with van der Waals surface area (Å²) < 4.78 is 1.77. The minimum atomic E-state index is -0.274. The molecular weight excluding hydrogens is 469 g/mol. The normalized spacial score (nSPS) is 18.5. The summed E-state index contributed by atoms with van der Waals surface area (Å²) in [7, 11) is 1.81. The van der Waals surface area contributed by atoms with E-state index in [1.54, 1.807) is 34.9 Å². The van der Waals surface area contributed by atoms with Crippen molar-refractivity contribution < 1.29 is 9.90 Å². The number of benzene rings is 2. The topological polar surface area (TPSA) is 67.2 Å². The number of halogens is 3. The molecule has 1 aromatic heterocycles. The second kappa shape index (κ2) is 9.84. The maximum absolute atomic E-state index is 13.3. The second-order valence-electron chi connectivity index (χ2n) is 8.13. The summed E-state index contributed by atoms with van der Waals surface area (Å²) in [6, 6.07) is 12.5. The number of nitrogens with zero attached hydrogens (tertiary/aromatic N) is 2. The fourth-order valence-corrected chi connectivity index (χ4v) is 4.98.